The van der Waals surface area contributed by atoms with Gasteiger partial charge in [-0.05, 0) is 68.5 Å². The van der Waals surface area contributed by atoms with Crippen LogP contribution in [0.1, 0.15) is 50.3 Å². The molecule has 0 aliphatic carbocycles. The van der Waals surface area contributed by atoms with Crippen LogP contribution >= 0.6 is 0 Å². The maximum Gasteiger partial charge on any atom is 0.261 e. The molecule has 0 aliphatic rings. The number of aryl methyl sites for hydroxylation is 1. The van der Waals surface area contributed by atoms with Crippen molar-refractivity contribution in [2.45, 2.75) is 66.1 Å². The average molecular weight is 441 g/mol. The molecular weight excluding hydrogens is 404 g/mol. The molecule has 0 saturated heterocycles. The van der Waals surface area contributed by atoms with Crippen LogP contribution in [0.15, 0.2) is 42.5 Å². The lowest BCUT2D eigenvalue weighted by Crippen LogP contribution is -2.51. The third-order valence-electron chi connectivity index (χ3n) is 5.78. The van der Waals surface area contributed by atoms with Gasteiger partial charge in [0.1, 0.15) is 17.5 Å². The van der Waals surface area contributed by atoms with E-state index in [0.29, 0.717) is 24.5 Å². The fourth-order valence-corrected chi connectivity index (χ4v) is 3.43. The molecule has 6 nitrogen and oxygen atoms in total. The Balaban J connectivity index is 2.27. The third-order valence-corrected chi connectivity index (χ3v) is 5.78. The molecule has 0 aromatic heterocycles. The Kier molecular flexibility index (Phi) is 9.57. The van der Waals surface area contributed by atoms with Crippen molar-refractivity contribution in [1.29, 1.82) is 0 Å². The van der Waals surface area contributed by atoms with Gasteiger partial charge in [0.2, 0.25) is 5.91 Å². The summed E-state index contributed by atoms with van der Waals surface area (Å²) in [5.74, 6) is 1.00. The summed E-state index contributed by atoms with van der Waals surface area (Å²) in [5.41, 5.74) is 2.99. The minimum Gasteiger partial charge on any atom is -0.497 e. The van der Waals surface area contributed by atoms with E-state index in [1.54, 1.807) is 12.0 Å². The van der Waals surface area contributed by atoms with Crippen molar-refractivity contribution in [3.63, 3.8) is 0 Å². The van der Waals surface area contributed by atoms with Crippen LogP contribution in [0.25, 0.3) is 0 Å². The van der Waals surface area contributed by atoms with E-state index in [1.165, 1.54) is 0 Å². The summed E-state index contributed by atoms with van der Waals surface area (Å²) in [6.45, 7) is 10.0. The van der Waals surface area contributed by atoms with Gasteiger partial charge in [-0.1, -0.05) is 38.1 Å². The summed E-state index contributed by atoms with van der Waals surface area (Å²) in [6.07, 6.45) is 1.32. The first-order valence-corrected chi connectivity index (χ1v) is 11.2. The van der Waals surface area contributed by atoms with Crippen molar-refractivity contribution in [2.24, 2.45) is 0 Å². The summed E-state index contributed by atoms with van der Waals surface area (Å²) < 4.78 is 11.2. The van der Waals surface area contributed by atoms with Crippen LogP contribution in [0.5, 0.6) is 11.5 Å². The first kappa shape index (κ1) is 25.2. The molecule has 0 bridgehead atoms. The number of carbonyl (C=O) groups is 2. The number of ether oxygens (including phenoxy) is 2. The van der Waals surface area contributed by atoms with E-state index in [-0.39, 0.29) is 24.5 Å². The first-order valence-electron chi connectivity index (χ1n) is 11.2. The van der Waals surface area contributed by atoms with E-state index in [9.17, 15) is 9.59 Å². The Morgan fingerprint density at radius 3 is 2.44 bits per heavy atom. The van der Waals surface area contributed by atoms with Gasteiger partial charge in [0.15, 0.2) is 6.61 Å². The van der Waals surface area contributed by atoms with Crippen LogP contribution in [0, 0.1) is 13.8 Å². The number of rotatable bonds is 11. The molecule has 0 aliphatic heterocycles. The Labute approximate surface area is 191 Å². The van der Waals surface area contributed by atoms with E-state index in [2.05, 4.69) is 5.32 Å². The van der Waals surface area contributed by atoms with Crippen LogP contribution < -0.4 is 14.8 Å². The molecule has 2 amide bonds. The number of nitrogens with one attached hydrogen (secondary N) is 1. The van der Waals surface area contributed by atoms with Gasteiger partial charge in [-0.3, -0.25) is 9.59 Å². The van der Waals surface area contributed by atoms with E-state index in [4.69, 9.17) is 9.47 Å². The van der Waals surface area contributed by atoms with Crippen LogP contribution in [-0.4, -0.2) is 42.5 Å². The highest BCUT2D eigenvalue weighted by molar-refractivity contribution is 5.88. The standard InChI is InChI=1S/C26H36N2O4/c1-7-19(4)27-26(30)23(8-2)28(16-21-12-10-13-22(15-21)31-6)25(29)17-32-24-14-9-11-18(3)20(24)5/h9-15,19,23H,7-8,16-17H2,1-6H3,(H,27,30)/t19-,23-/m0/s1. The summed E-state index contributed by atoms with van der Waals surface area (Å²) in [7, 11) is 1.61. The Hall–Kier alpha value is -3.02. The minimum absolute atomic E-state index is 0.0384. The highest BCUT2D eigenvalue weighted by atomic mass is 16.5. The quantitative estimate of drug-likeness (QED) is 0.562. The van der Waals surface area contributed by atoms with E-state index in [0.717, 1.165) is 23.1 Å². The van der Waals surface area contributed by atoms with Gasteiger partial charge in [-0.25, -0.2) is 0 Å². The largest absolute Gasteiger partial charge is 0.497 e. The molecule has 2 atom stereocenters. The fourth-order valence-electron chi connectivity index (χ4n) is 3.43. The lowest BCUT2D eigenvalue weighted by molar-refractivity contribution is -0.143. The maximum atomic E-state index is 13.3. The zero-order valence-electron chi connectivity index (χ0n) is 20.1. The molecule has 174 valence electrons. The minimum atomic E-state index is -0.593. The van der Waals surface area contributed by atoms with Gasteiger partial charge < -0.3 is 19.7 Å². The zero-order chi connectivity index (χ0) is 23.7. The number of benzene rings is 2. The summed E-state index contributed by atoms with van der Waals surface area (Å²) in [6, 6.07) is 12.8. The van der Waals surface area contributed by atoms with Crippen LogP contribution in [-0.2, 0) is 16.1 Å². The Bertz CT molecular complexity index is 912. The van der Waals surface area contributed by atoms with Gasteiger partial charge >= 0.3 is 0 Å². The smallest absolute Gasteiger partial charge is 0.261 e. The molecule has 0 spiro atoms. The van der Waals surface area contributed by atoms with Gasteiger partial charge in [-0.2, -0.15) is 0 Å². The normalized spacial score (nSPS) is 12.6. The van der Waals surface area contributed by atoms with Gasteiger partial charge in [0.25, 0.3) is 5.91 Å². The molecule has 0 heterocycles. The fraction of sp³-hybridized carbons (Fsp3) is 0.462. The van der Waals surface area contributed by atoms with Crippen molar-refractivity contribution in [3.05, 3.63) is 59.2 Å². The molecule has 32 heavy (non-hydrogen) atoms. The third kappa shape index (κ3) is 6.74. The van der Waals surface area contributed by atoms with Crippen LogP contribution in [0.3, 0.4) is 0 Å². The molecule has 2 aromatic rings. The van der Waals surface area contributed by atoms with Crippen molar-refractivity contribution < 1.29 is 19.1 Å². The van der Waals surface area contributed by atoms with Crippen LogP contribution in [0.4, 0.5) is 0 Å². The molecule has 2 aromatic carbocycles. The Morgan fingerprint density at radius 2 is 1.78 bits per heavy atom. The lowest BCUT2D eigenvalue weighted by atomic mass is 10.1. The van der Waals surface area contributed by atoms with Crippen molar-refractivity contribution in [2.75, 3.05) is 13.7 Å². The number of amides is 2. The molecular formula is C26H36N2O4. The number of hydrogen-bond acceptors (Lipinski definition) is 4. The molecule has 0 saturated carbocycles. The number of hydrogen-bond donors (Lipinski definition) is 1. The molecule has 6 heteroatoms. The average Bonchev–Trinajstić information content (AvgIpc) is 2.79. The van der Waals surface area contributed by atoms with Gasteiger partial charge in [-0.15, -0.1) is 0 Å². The zero-order valence-corrected chi connectivity index (χ0v) is 20.1. The Morgan fingerprint density at radius 1 is 1.06 bits per heavy atom. The summed E-state index contributed by atoms with van der Waals surface area (Å²) in [4.78, 5) is 27.9. The van der Waals surface area contributed by atoms with Crippen LogP contribution in [0.2, 0.25) is 0 Å². The highest BCUT2D eigenvalue weighted by Crippen LogP contribution is 2.22. The molecule has 1 N–H and O–H groups in total. The second-order valence-corrected chi connectivity index (χ2v) is 8.10. The predicted molar refractivity (Wildman–Crippen MR) is 127 cm³/mol. The highest BCUT2D eigenvalue weighted by Gasteiger charge is 2.29. The second-order valence-electron chi connectivity index (χ2n) is 8.10. The molecule has 0 unspecified atom stereocenters. The van der Waals surface area contributed by atoms with Gasteiger partial charge in [0.05, 0.1) is 7.11 Å². The lowest BCUT2D eigenvalue weighted by Gasteiger charge is -2.31. The first-order chi connectivity index (χ1) is 15.3. The molecule has 2 rings (SSSR count). The summed E-state index contributed by atoms with van der Waals surface area (Å²) in [5, 5.41) is 3.02. The predicted octanol–water partition coefficient (Wildman–Crippen LogP) is 4.41. The number of nitrogens with zero attached hydrogens (tertiary/aromatic N) is 1. The second kappa shape index (κ2) is 12.1. The molecule has 0 radical (unpaired) electrons. The van der Waals surface area contributed by atoms with E-state index < -0.39 is 6.04 Å². The SMILES string of the molecule is CC[C@H](C)NC(=O)[C@H](CC)N(Cc1cccc(OC)c1)C(=O)COc1cccc(C)c1C. The van der Waals surface area contributed by atoms with Crippen molar-refractivity contribution in [1.82, 2.24) is 10.2 Å². The monoisotopic (exact) mass is 440 g/mol. The van der Waals surface area contributed by atoms with E-state index >= 15 is 0 Å². The van der Waals surface area contributed by atoms with E-state index in [1.807, 2.05) is 77.1 Å². The number of methoxy groups -OCH3 is 1. The maximum absolute atomic E-state index is 13.3. The van der Waals surface area contributed by atoms with Gasteiger partial charge in [0, 0.05) is 12.6 Å². The van der Waals surface area contributed by atoms with Crippen molar-refractivity contribution in [3.8, 4) is 11.5 Å². The summed E-state index contributed by atoms with van der Waals surface area (Å²) >= 11 is 0. The topological polar surface area (TPSA) is 67.9 Å². The molecule has 0 fully saturated rings. The van der Waals surface area contributed by atoms with Crippen molar-refractivity contribution >= 4 is 11.8 Å². The number of carbonyl (C=O) groups excluding carboxylic acids is 2.